The molecule has 7 nitrogen and oxygen atoms in total. The SMILES string of the molecule is O=C(Cn1c(=O)n(S(=O)(=O)c2ccccc2)c2ccccc21)N1CCCCC1. The van der Waals surface area contributed by atoms with Gasteiger partial charge in [0, 0.05) is 13.1 Å². The van der Waals surface area contributed by atoms with Crippen LogP contribution in [0.4, 0.5) is 0 Å². The highest BCUT2D eigenvalue weighted by molar-refractivity contribution is 7.90. The van der Waals surface area contributed by atoms with E-state index in [9.17, 15) is 18.0 Å². The molecule has 0 radical (unpaired) electrons. The van der Waals surface area contributed by atoms with Crippen LogP contribution in [0.3, 0.4) is 0 Å². The van der Waals surface area contributed by atoms with Crippen molar-refractivity contribution in [3.05, 3.63) is 65.1 Å². The van der Waals surface area contributed by atoms with Crippen LogP contribution < -0.4 is 5.69 Å². The van der Waals surface area contributed by atoms with Crippen LogP contribution in [-0.4, -0.2) is 40.9 Å². The Kier molecular flexibility index (Phi) is 4.80. The normalized spacial score (nSPS) is 15.1. The lowest BCUT2D eigenvalue weighted by Gasteiger charge is -2.26. The summed E-state index contributed by atoms with van der Waals surface area (Å²) >= 11 is 0. The van der Waals surface area contributed by atoms with Crippen molar-refractivity contribution in [3.63, 3.8) is 0 Å². The summed E-state index contributed by atoms with van der Waals surface area (Å²) in [5.41, 5.74) is -0.0319. The number of benzene rings is 2. The molecule has 2 aromatic carbocycles. The molecule has 0 N–H and O–H groups in total. The van der Waals surface area contributed by atoms with Crippen molar-refractivity contribution in [2.24, 2.45) is 0 Å². The van der Waals surface area contributed by atoms with E-state index < -0.39 is 15.7 Å². The molecule has 0 atom stereocenters. The number of amides is 1. The van der Waals surface area contributed by atoms with E-state index in [2.05, 4.69) is 0 Å². The van der Waals surface area contributed by atoms with Crippen LogP contribution in [0.15, 0.2) is 64.3 Å². The summed E-state index contributed by atoms with van der Waals surface area (Å²) in [6, 6.07) is 14.5. The molecule has 2 heterocycles. The number of imidazole rings is 1. The van der Waals surface area contributed by atoms with E-state index in [-0.39, 0.29) is 22.9 Å². The smallest absolute Gasteiger partial charge is 0.341 e. The Morgan fingerprint density at radius 1 is 0.857 bits per heavy atom. The van der Waals surface area contributed by atoms with Crippen molar-refractivity contribution >= 4 is 27.0 Å². The molecule has 8 heteroatoms. The second-order valence-corrected chi connectivity index (χ2v) is 8.67. The van der Waals surface area contributed by atoms with Crippen molar-refractivity contribution in [1.29, 1.82) is 0 Å². The average molecular weight is 399 g/mol. The lowest BCUT2D eigenvalue weighted by molar-refractivity contribution is -0.132. The van der Waals surface area contributed by atoms with E-state index in [0.717, 1.165) is 23.2 Å². The third-order valence-corrected chi connectivity index (χ3v) is 6.78. The maximum atomic E-state index is 13.1. The van der Waals surface area contributed by atoms with Gasteiger partial charge in [-0.1, -0.05) is 30.3 Å². The van der Waals surface area contributed by atoms with Crippen LogP contribution in [0.25, 0.3) is 11.0 Å². The molecule has 0 bridgehead atoms. The number of aromatic nitrogens is 2. The van der Waals surface area contributed by atoms with Gasteiger partial charge >= 0.3 is 5.69 Å². The Morgan fingerprint density at radius 3 is 2.14 bits per heavy atom. The first-order valence-corrected chi connectivity index (χ1v) is 10.7. The molecule has 1 aliphatic rings. The van der Waals surface area contributed by atoms with Gasteiger partial charge in [0.1, 0.15) is 6.54 Å². The summed E-state index contributed by atoms with van der Waals surface area (Å²) in [5.74, 6) is -0.165. The summed E-state index contributed by atoms with van der Waals surface area (Å²) in [6.45, 7) is 1.18. The van der Waals surface area contributed by atoms with Gasteiger partial charge in [-0.05, 0) is 43.5 Å². The number of rotatable bonds is 4. The Bertz CT molecular complexity index is 1170. The number of fused-ring (bicyclic) bond motifs is 1. The number of likely N-dealkylation sites (tertiary alicyclic amines) is 1. The van der Waals surface area contributed by atoms with Crippen molar-refractivity contribution in [3.8, 4) is 0 Å². The fourth-order valence-electron chi connectivity index (χ4n) is 3.64. The van der Waals surface area contributed by atoms with Gasteiger partial charge in [-0.3, -0.25) is 9.36 Å². The summed E-state index contributed by atoms with van der Waals surface area (Å²) in [5, 5.41) is 0. The van der Waals surface area contributed by atoms with Crippen molar-refractivity contribution in [1.82, 2.24) is 13.4 Å². The predicted molar refractivity (Wildman–Crippen MR) is 106 cm³/mol. The molecule has 146 valence electrons. The Hall–Kier alpha value is -2.87. The third-order valence-electron chi connectivity index (χ3n) is 5.08. The van der Waals surface area contributed by atoms with Crippen LogP contribution in [0, 0.1) is 0 Å². The van der Waals surface area contributed by atoms with Crippen molar-refractivity contribution in [2.45, 2.75) is 30.7 Å². The van der Waals surface area contributed by atoms with Crippen LogP contribution >= 0.6 is 0 Å². The van der Waals surface area contributed by atoms with E-state index in [1.165, 1.54) is 16.7 Å². The zero-order valence-electron chi connectivity index (χ0n) is 15.3. The first-order valence-electron chi connectivity index (χ1n) is 9.29. The molecular formula is C20H21N3O4S. The molecule has 1 aliphatic heterocycles. The van der Waals surface area contributed by atoms with E-state index in [1.807, 2.05) is 0 Å². The fraction of sp³-hybridized carbons (Fsp3) is 0.300. The monoisotopic (exact) mass is 399 g/mol. The first kappa shape index (κ1) is 18.5. The van der Waals surface area contributed by atoms with Crippen LogP contribution in [0.1, 0.15) is 19.3 Å². The minimum Gasteiger partial charge on any atom is -0.341 e. The molecule has 1 aromatic heterocycles. The van der Waals surface area contributed by atoms with Gasteiger partial charge in [-0.2, -0.15) is 3.97 Å². The van der Waals surface area contributed by atoms with E-state index >= 15 is 0 Å². The molecule has 0 saturated carbocycles. The van der Waals surface area contributed by atoms with Gasteiger partial charge in [0.2, 0.25) is 5.91 Å². The van der Waals surface area contributed by atoms with Gasteiger partial charge in [-0.25, -0.2) is 13.2 Å². The number of piperidine rings is 1. The number of nitrogens with zero attached hydrogens (tertiary/aromatic N) is 3. The first-order chi connectivity index (χ1) is 13.5. The van der Waals surface area contributed by atoms with Gasteiger partial charge in [-0.15, -0.1) is 0 Å². The molecule has 1 saturated heterocycles. The minimum absolute atomic E-state index is 0.0300. The minimum atomic E-state index is -4.08. The fourth-order valence-corrected chi connectivity index (χ4v) is 5.07. The molecule has 4 rings (SSSR count). The molecule has 0 spiro atoms. The van der Waals surface area contributed by atoms with Crippen molar-refractivity contribution in [2.75, 3.05) is 13.1 Å². The van der Waals surface area contributed by atoms with Crippen molar-refractivity contribution < 1.29 is 13.2 Å². The van der Waals surface area contributed by atoms with Gasteiger partial charge < -0.3 is 4.90 Å². The molecule has 0 unspecified atom stereocenters. The topological polar surface area (TPSA) is 81.4 Å². The van der Waals surface area contributed by atoms with E-state index in [4.69, 9.17) is 0 Å². The lowest BCUT2D eigenvalue weighted by atomic mass is 10.1. The highest BCUT2D eigenvalue weighted by Gasteiger charge is 2.26. The van der Waals surface area contributed by atoms with E-state index in [1.54, 1.807) is 47.4 Å². The Morgan fingerprint density at radius 2 is 1.46 bits per heavy atom. The van der Waals surface area contributed by atoms with Crippen LogP contribution in [0.5, 0.6) is 0 Å². The molecule has 1 fully saturated rings. The zero-order chi connectivity index (χ0) is 19.7. The van der Waals surface area contributed by atoms with Gasteiger partial charge in [0.15, 0.2) is 0 Å². The standard InChI is InChI=1S/C20H21N3O4S/c24-19(21-13-7-2-8-14-21)15-22-17-11-5-6-12-18(17)23(20(22)25)28(26,27)16-9-3-1-4-10-16/h1,3-6,9-12H,2,7-8,13-15H2. The van der Waals surface area contributed by atoms with Crippen LogP contribution in [-0.2, 0) is 21.4 Å². The molecular weight excluding hydrogens is 378 g/mol. The second-order valence-electron chi connectivity index (χ2n) is 6.88. The number of para-hydroxylation sites is 2. The molecule has 0 aliphatic carbocycles. The summed E-state index contributed by atoms with van der Waals surface area (Å²) < 4.78 is 28.3. The maximum absolute atomic E-state index is 13.1. The van der Waals surface area contributed by atoms with E-state index in [0.29, 0.717) is 18.6 Å². The third kappa shape index (κ3) is 3.13. The molecule has 3 aromatic rings. The summed E-state index contributed by atoms with van der Waals surface area (Å²) in [7, 11) is -4.08. The highest BCUT2D eigenvalue weighted by Crippen LogP contribution is 2.20. The quantitative estimate of drug-likeness (QED) is 0.672. The zero-order valence-corrected chi connectivity index (χ0v) is 16.1. The number of hydrogen-bond acceptors (Lipinski definition) is 4. The van der Waals surface area contributed by atoms with Crippen LogP contribution in [0.2, 0.25) is 0 Å². The summed E-state index contributed by atoms with van der Waals surface area (Å²) in [4.78, 5) is 27.6. The highest BCUT2D eigenvalue weighted by atomic mass is 32.2. The number of carbonyl (C=O) groups excluding carboxylic acids is 1. The van der Waals surface area contributed by atoms with Gasteiger partial charge in [0.25, 0.3) is 10.0 Å². The summed E-state index contributed by atoms with van der Waals surface area (Å²) in [6.07, 6.45) is 2.99. The Labute approximate surface area is 162 Å². The van der Waals surface area contributed by atoms with Gasteiger partial charge in [0.05, 0.1) is 15.9 Å². The number of hydrogen-bond donors (Lipinski definition) is 0. The molecule has 28 heavy (non-hydrogen) atoms. The average Bonchev–Trinajstić information content (AvgIpc) is 3.01. The second kappa shape index (κ2) is 7.27. The number of carbonyl (C=O) groups is 1. The predicted octanol–water partition coefficient (Wildman–Crippen LogP) is 2.05. The lowest BCUT2D eigenvalue weighted by Crippen LogP contribution is -2.40. The Balaban J connectivity index is 1.83. The molecule has 1 amide bonds. The largest absolute Gasteiger partial charge is 0.343 e. The maximum Gasteiger partial charge on any atom is 0.343 e.